The van der Waals surface area contributed by atoms with E-state index in [4.69, 9.17) is 0 Å². The van der Waals surface area contributed by atoms with Gasteiger partial charge in [-0.1, -0.05) is 176 Å². The quantitative estimate of drug-likeness (QED) is 0.199. The summed E-state index contributed by atoms with van der Waals surface area (Å²) in [7, 11) is 0. The van der Waals surface area contributed by atoms with Crippen molar-refractivity contribution in [3.63, 3.8) is 0 Å². The SMILES string of the molecule is c1ccc(-c2ccc(-c3ccc(-c4ccc(-c5ccccc5)cc4)c(-c4ccc(-c5ccccc5)cc4)c3)cc2)cc1. The van der Waals surface area contributed by atoms with Gasteiger partial charge in [-0.3, -0.25) is 0 Å². The van der Waals surface area contributed by atoms with Gasteiger partial charge in [0.1, 0.15) is 0 Å². The number of rotatable bonds is 6. The molecule has 0 saturated carbocycles. The van der Waals surface area contributed by atoms with Crippen molar-refractivity contribution in [3.8, 4) is 66.8 Å². The van der Waals surface area contributed by atoms with Gasteiger partial charge in [-0.25, -0.2) is 0 Å². The maximum Gasteiger partial charge on any atom is -0.00992 e. The molecule has 198 valence electrons. The molecular weight excluding hydrogens is 504 g/mol. The molecular formula is C42H30. The Labute approximate surface area is 248 Å². The van der Waals surface area contributed by atoms with Crippen LogP contribution in [0.15, 0.2) is 182 Å². The highest BCUT2D eigenvalue weighted by Gasteiger charge is 2.12. The minimum Gasteiger partial charge on any atom is -0.0622 e. The third-order valence-electron chi connectivity index (χ3n) is 7.95. The Kier molecular flexibility index (Phi) is 7.02. The molecule has 0 heteroatoms. The van der Waals surface area contributed by atoms with Gasteiger partial charge in [0, 0.05) is 0 Å². The molecule has 0 aliphatic heterocycles. The molecule has 0 saturated heterocycles. The molecule has 7 aromatic rings. The lowest BCUT2D eigenvalue weighted by Gasteiger charge is -2.15. The zero-order valence-corrected chi connectivity index (χ0v) is 23.3. The first-order chi connectivity index (χ1) is 20.8. The van der Waals surface area contributed by atoms with Gasteiger partial charge in [-0.15, -0.1) is 0 Å². The van der Waals surface area contributed by atoms with Crippen LogP contribution in [0.4, 0.5) is 0 Å². The second-order valence-electron chi connectivity index (χ2n) is 10.6. The molecule has 0 amide bonds. The Bertz CT molecular complexity index is 1900. The van der Waals surface area contributed by atoms with Crippen LogP contribution in [0, 0.1) is 0 Å². The number of hydrogen-bond donors (Lipinski definition) is 0. The predicted octanol–water partition coefficient (Wildman–Crippen LogP) is 11.7. The van der Waals surface area contributed by atoms with Crippen LogP contribution >= 0.6 is 0 Å². The van der Waals surface area contributed by atoms with Crippen LogP contribution in [0.3, 0.4) is 0 Å². The fourth-order valence-corrected chi connectivity index (χ4v) is 5.65. The van der Waals surface area contributed by atoms with E-state index in [9.17, 15) is 0 Å². The first-order valence-corrected chi connectivity index (χ1v) is 14.4. The van der Waals surface area contributed by atoms with Gasteiger partial charge in [0.15, 0.2) is 0 Å². The number of hydrogen-bond acceptors (Lipinski definition) is 0. The summed E-state index contributed by atoms with van der Waals surface area (Å²) in [5, 5.41) is 0. The Hall–Kier alpha value is -5.46. The highest BCUT2D eigenvalue weighted by atomic mass is 14.2. The summed E-state index contributed by atoms with van der Waals surface area (Å²) in [6, 6.07) is 65.3. The highest BCUT2D eigenvalue weighted by molar-refractivity contribution is 5.88. The molecule has 0 aliphatic rings. The van der Waals surface area contributed by atoms with Crippen molar-refractivity contribution in [2.24, 2.45) is 0 Å². The third kappa shape index (κ3) is 5.31. The van der Waals surface area contributed by atoms with Crippen LogP contribution in [-0.4, -0.2) is 0 Å². The molecule has 0 atom stereocenters. The Morgan fingerprint density at radius 1 is 0.167 bits per heavy atom. The molecule has 0 bridgehead atoms. The van der Waals surface area contributed by atoms with Gasteiger partial charge in [0.05, 0.1) is 0 Å². The minimum atomic E-state index is 1.21. The van der Waals surface area contributed by atoms with E-state index >= 15 is 0 Å². The van der Waals surface area contributed by atoms with Crippen LogP contribution < -0.4 is 0 Å². The topological polar surface area (TPSA) is 0 Å². The zero-order chi connectivity index (χ0) is 28.1. The van der Waals surface area contributed by atoms with Gasteiger partial charge in [-0.05, 0) is 72.8 Å². The van der Waals surface area contributed by atoms with Crippen molar-refractivity contribution in [2.45, 2.75) is 0 Å². The van der Waals surface area contributed by atoms with E-state index in [1.807, 2.05) is 0 Å². The summed E-state index contributed by atoms with van der Waals surface area (Å²) in [5.74, 6) is 0. The second kappa shape index (κ2) is 11.6. The fourth-order valence-electron chi connectivity index (χ4n) is 5.65. The average molecular weight is 535 g/mol. The molecule has 0 fully saturated rings. The fraction of sp³-hybridized carbons (Fsp3) is 0. The van der Waals surface area contributed by atoms with E-state index in [0.29, 0.717) is 0 Å². The van der Waals surface area contributed by atoms with Gasteiger partial charge < -0.3 is 0 Å². The van der Waals surface area contributed by atoms with E-state index in [2.05, 4.69) is 182 Å². The summed E-state index contributed by atoms with van der Waals surface area (Å²) < 4.78 is 0. The summed E-state index contributed by atoms with van der Waals surface area (Å²) in [4.78, 5) is 0. The van der Waals surface area contributed by atoms with Crippen LogP contribution in [0.25, 0.3) is 66.8 Å². The zero-order valence-electron chi connectivity index (χ0n) is 23.3. The molecule has 0 aliphatic carbocycles. The van der Waals surface area contributed by atoms with Crippen LogP contribution in [0.2, 0.25) is 0 Å². The van der Waals surface area contributed by atoms with Gasteiger partial charge >= 0.3 is 0 Å². The molecule has 0 unspecified atom stereocenters. The van der Waals surface area contributed by atoms with Crippen molar-refractivity contribution in [1.29, 1.82) is 0 Å². The van der Waals surface area contributed by atoms with E-state index in [-0.39, 0.29) is 0 Å². The van der Waals surface area contributed by atoms with Crippen molar-refractivity contribution >= 4 is 0 Å². The Morgan fingerprint density at radius 3 is 0.810 bits per heavy atom. The van der Waals surface area contributed by atoms with Gasteiger partial charge in [0.25, 0.3) is 0 Å². The monoisotopic (exact) mass is 534 g/mol. The maximum absolute atomic E-state index is 2.34. The summed E-state index contributed by atoms with van der Waals surface area (Å²) in [6.07, 6.45) is 0. The summed E-state index contributed by atoms with van der Waals surface area (Å²) >= 11 is 0. The largest absolute Gasteiger partial charge is 0.0622 e. The molecule has 7 rings (SSSR count). The molecule has 0 radical (unpaired) electrons. The van der Waals surface area contributed by atoms with E-state index in [1.165, 1.54) is 66.8 Å². The normalized spacial score (nSPS) is 10.9. The van der Waals surface area contributed by atoms with Crippen molar-refractivity contribution in [1.82, 2.24) is 0 Å². The lowest BCUT2D eigenvalue weighted by molar-refractivity contribution is 1.55. The van der Waals surface area contributed by atoms with E-state index in [0.717, 1.165) is 0 Å². The predicted molar refractivity (Wildman–Crippen MR) is 179 cm³/mol. The van der Waals surface area contributed by atoms with Crippen molar-refractivity contribution < 1.29 is 0 Å². The van der Waals surface area contributed by atoms with Crippen LogP contribution in [0.1, 0.15) is 0 Å². The van der Waals surface area contributed by atoms with E-state index in [1.54, 1.807) is 0 Å². The van der Waals surface area contributed by atoms with E-state index < -0.39 is 0 Å². The lowest BCUT2D eigenvalue weighted by atomic mass is 9.89. The molecule has 0 heterocycles. The molecule has 0 aromatic heterocycles. The van der Waals surface area contributed by atoms with Crippen molar-refractivity contribution in [3.05, 3.63) is 182 Å². The third-order valence-corrected chi connectivity index (χ3v) is 7.95. The van der Waals surface area contributed by atoms with Crippen molar-refractivity contribution in [2.75, 3.05) is 0 Å². The molecule has 7 aromatic carbocycles. The molecule has 0 N–H and O–H groups in total. The first-order valence-electron chi connectivity index (χ1n) is 14.4. The standard InChI is InChI=1S/C42H30/c1-4-10-31(11-5-1)34-16-18-37(19-17-34)40-28-29-41(38-24-20-35(21-25-38)32-12-6-2-7-13-32)42(30-40)39-26-22-36(23-27-39)33-14-8-3-9-15-33/h1-30H. The summed E-state index contributed by atoms with van der Waals surface area (Å²) in [5.41, 5.74) is 14.7. The minimum absolute atomic E-state index is 1.21. The van der Waals surface area contributed by atoms with Crippen LogP contribution in [-0.2, 0) is 0 Å². The first kappa shape index (κ1) is 25.5. The van der Waals surface area contributed by atoms with Crippen LogP contribution in [0.5, 0.6) is 0 Å². The smallest absolute Gasteiger partial charge is 0.00992 e. The van der Waals surface area contributed by atoms with Gasteiger partial charge in [-0.2, -0.15) is 0 Å². The lowest BCUT2D eigenvalue weighted by Crippen LogP contribution is -1.89. The molecule has 42 heavy (non-hydrogen) atoms. The average Bonchev–Trinajstić information content (AvgIpc) is 3.09. The Morgan fingerprint density at radius 2 is 0.429 bits per heavy atom. The maximum atomic E-state index is 2.34. The highest BCUT2D eigenvalue weighted by Crippen LogP contribution is 2.38. The van der Waals surface area contributed by atoms with Gasteiger partial charge in [0.2, 0.25) is 0 Å². The molecule has 0 spiro atoms. The number of benzene rings is 7. The second-order valence-corrected chi connectivity index (χ2v) is 10.6. The Balaban J connectivity index is 1.29. The molecule has 0 nitrogen and oxygen atoms in total. The summed E-state index contributed by atoms with van der Waals surface area (Å²) in [6.45, 7) is 0.